The second-order valence-corrected chi connectivity index (χ2v) is 9.81. The molecule has 3 aliphatic rings. The van der Waals surface area contributed by atoms with Gasteiger partial charge in [0.2, 0.25) is 0 Å². The van der Waals surface area contributed by atoms with Crippen LogP contribution in [0.1, 0.15) is 79.5 Å². The fourth-order valence-corrected chi connectivity index (χ4v) is 6.33. The number of furan rings is 1. The van der Waals surface area contributed by atoms with Crippen molar-refractivity contribution in [2.24, 2.45) is 5.10 Å². The summed E-state index contributed by atoms with van der Waals surface area (Å²) in [5.41, 5.74) is 8.57. The SMILES string of the molecule is O=C(CN1CCn2c3c(c4cc(C5CCCCC5)ccc42)CCC[C@H]31)N/N=C\c1ccco1. The Bertz CT molecular complexity index is 1170. The van der Waals surface area contributed by atoms with Gasteiger partial charge in [0.05, 0.1) is 25.1 Å². The van der Waals surface area contributed by atoms with Gasteiger partial charge in [0.25, 0.3) is 5.91 Å². The number of benzene rings is 1. The van der Waals surface area contributed by atoms with E-state index in [0.717, 1.165) is 31.8 Å². The molecule has 6 heteroatoms. The van der Waals surface area contributed by atoms with Crippen molar-refractivity contribution in [1.29, 1.82) is 0 Å². The first-order chi connectivity index (χ1) is 16.3. The van der Waals surface area contributed by atoms with Crippen molar-refractivity contribution in [1.82, 2.24) is 14.9 Å². The summed E-state index contributed by atoms with van der Waals surface area (Å²) >= 11 is 0. The van der Waals surface area contributed by atoms with Crippen LogP contribution in [-0.2, 0) is 17.8 Å². The minimum Gasteiger partial charge on any atom is -0.463 e. The van der Waals surface area contributed by atoms with Gasteiger partial charge in [-0.3, -0.25) is 9.69 Å². The maximum Gasteiger partial charge on any atom is 0.254 e. The molecule has 1 aliphatic heterocycles. The summed E-state index contributed by atoms with van der Waals surface area (Å²) in [4.78, 5) is 14.9. The topological polar surface area (TPSA) is 62.8 Å². The highest BCUT2D eigenvalue weighted by Crippen LogP contribution is 2.43. The number of hydrogen-bond donors (Lipinski definition) is 1. The van der Waals surface area contributed by atoms with Gasteiger partial charge in [-0.1, -0.05) is 25.3 Å². The minimum atomic E-state index is -0.0749. The third kappa shape index (κ3) is 3.90. The maximum atomic E-state index is 12.6. The van der Waals surface area contributed by atoms with Gasteiger partial charge in [-0.2, -0.15) is 5.10 Å². The van der Waals surface area contributed by atoms with E-state index in [0.29, 0.717) is 18.3 Å². The highest BCUT2D eigenvalue weighted by Gasteiger charge is 2.35. The third-order valence-corrected chi connectivity index (χ3v) is 7.86. The summed E-state index contributed by atoms with van der Waals surface area (Å²) in [7, 11) is 0. The van der Waals surface area contributed by atoms with Crippen molar-refractivity contribution in [2.75, 3.05) is 13.1 Å². The summed E-state index contributed by atoms with van der Waals surface area (Å²) in [6.07, 6.45) is 13.4. The summed E-state index contributed by atoms with van der Waals surface area (Å²) in [6, 6.07) is 11.2. The molecule has 0 radical (unpaired) electrons. The Kier molecular flexibility index (Phi) is 5.54. The monoisotopic (exact) mass is 444 g/mol. The number of nitrogens with one attached hydrogen (secondary N) is 1. The van der Waals surface area contributed by atoms with Crippen LogP contribution in [0, 0.1) is 0 Å². The maximum absolute atomic E-state index is 12.6. The predicted octanol–water partition coefficient (Wildman–Crippen LogP) is 5.13. The Hall–Kier alpha value is -2.86. The van der Waals surface area contributed by atoms with Crippen molar-refractivity contribution in [2.45, 2.75) is 69.9 Å². The highest BCUT2D eigenvalue weighted by atomic mass is 16.3. The van der Waals surface area contributed by atoms with Gasteiger partial charge >= 0.3 is 0 Å². The summed E-state index contributed by atoms with van der Waals surface area (Å²) < 4.78 is 7.77. The molecule has 1 amide bonds. The third-order valence-electron chi connectivity index (χ3n) is 7.86. The second-order valence-electron chi connectivity index (χ2n) is 9.81. The average molecular weight is 445 g/mol. The standard InChI is InChI=1S/C27H32N4O2/c32-26(29-28-17-21-8-5-15-33-21)18-30-13-14-31-24-12-11-20(19-6-2-1-3-7-19)16-23(24)22-9-4-10-25(30)27(22)31/h5,8,11-12,15-17,19,25H,1-4,6-7,9-10,13-14,18H2,(H,29,32)/b28-17-/t25-/m1/s1. The molecule has 1 N–H and O–H groups in total. The van der Waals surface area contributed by atoms with Crippen LogP contribution in [0.2, 0.25) is 0 Å². The van der Waals surface area contributed by atoms with E-state index in [9.17, 15) is 4.79 Å². The largest absolute Gasteiger partial charge is 0.463 e. The first kappa shape index (κ1) is 20.7. The number of hydrogen-bond acceptors (Lipinski definition) is 4. The quantitative estimate of drug-likeness (QED) is 0.439. The zero-order chi connectivity index (χ0) is 22.2. The number of amides is 1. The number of hydrazone groups is 1. The van der Waals surface area contributed by atoms with E-state index < -0.39 is 0 Å². The Labute approximate surface area is 194 Å². The van der Waals surface area contributed by atoms with Gasteiger partial charge in [0.15, 0.2) is 0 Å². The smallest absolute Gasteiger partial charge is 0.254 e. The molecule has 33 heavy (non-hydrogen) atoms. The molecule has 6 rings (SSSR count). The fourth-order valence-electron chi connectivity index (χ4n) is 6.33. The Morgan fingerprint density at radius 3 is 2.88 bits per heavy atom. The zero-order valence-electron chi connectivity index (χ0n) is 19.1. The number of fused-ring (bicyclic) bond motifs is 3. The molecule has 3 aromatic rings. The first-order valence-corrected chi connectivity index (χ1v) is 12.5. The van der Waals surface area contributed by atoms with Gasteiger partial charge in [0, 0.05) is 29.7 Å². The molecule has 2 aliphatic carbocycles. The van der Waals surface area contributed by atoms with E-state index >= 15 is 0 Å². The molecular formula is C27H32N4O2. The molecular weight excluding hydrogens is 412 g/mol. The van der Waals surface area contributed by atoms with Crippen LogP contribution in [0.15, 0.2) is 46.1 Å². The first-order valence-electron chi connectivity index (χ1n) is 12.5. The van der Waals surface area contributed by atoms with Crippen molar-refractivity contribution in [3.63, 3.8) is 0 Å². The number of carbonyl (C=O) groups excluding carboxylic acids is 1. The van der Waals surface area contributed by atoms with Gasteiger partial charge < -0.3 is 8.98 Å². The predicted molar refractivity (Wildman–Crippen MR) is 129 cm³/mol. The van der Waals surface area contributed by atoms with E-state index in [2.05, 4.69) is 38.2 Å². The average Bonchev–Trinajstić information content (AvgIpc) is 3.48. The van der Waals surface area contributed by atoms with Crippen molar-refractivity contribution < 1.29 is 9.21 Å². The van der Waals surface area contributed by atoms with Crippen LogP contribution < -0.4 is 5.43 Å². The molecule has 3 heterocycles. The fraction of sp³-hybridized carbons (Fsp3) is 0.481. The van der Waals surface area contributed by atoms with Gasteiger partial charge in [0.1, 0.15) is 5.76 Å². The zero-order valence-corrected chi connectivity index (χ0v) is 19.1. The Balaban J connectivity index is 1.23. The Morgan fingerprint density at radius 2 is 2.03 bits per heavy atom. The number of aryl methyl sites for hydroxylation is 1. The van der Waals surface area contributed by atoms with Crippen LogP contribution in [0.4, 0.5) is 0 Å². The Morgan fingerprint density at radius 1 is 1.12 bits per heavy atom. The van der Waals surface area contributed by atoms with Gasteiger partial charge in [-0.25, -0.2) is 5.43 Å². The lowest BCUT2D eigenvalue weighted by atomic mass is 9.83. The van der Waals surface area contributed by atoms with Crippen LogP contribution in [0.3, 0.4) is 0 Å². The van der Waals surface area contributed by atoms with E-state index in [1.165, 1.54) is 72.5 Å². The summed E-state index contributed by atoms with van der Waals surface area (Å²) in [6.45, 7) is 2.20. The number of rotatable bonds is 5. The summed E-state index contributed by atoms with van der Waals surface area (Å²) in [5, 5.41) is 5.51. The van der Waals surface area contributed by atoms with E-state index in [4.69, 9.17) is 4.42 Å². The molecule has 172 valence electrons. The van der Waals surface area contributed by atoms with Crippen molar-refractivity contribution in [3.05, 3.63) is 59.2 Å². The lowest BCUT2D eigenvalue weighted by Gasteiger charge is -2.39. The molecule has 1 atom stereocenters. The minimum absolute atomic E-state index is 0.0749. The molecule has 1 fully saturated rings. The lowest BCUT2D eigenvalue weighted by Crippen LogP contribution is -2.44. The number of nitrogens with zero attached hydrogens (tertiary/aromatic N) is 3. The van der Waals surface area contributed by atoms with E-state index in [1.807, 2.05) is 6.07 Å². The molecule has 6 nitrogen and oxygen atoms in total. The van der Waals surface area contributed by atoms with Crippen LogP contribution in [0.25, 0.3) is 10.9 Å². The van der Waals surface area contributed by atoms with Gasteiger partial charge in [-0.15, -0.1) is 0 Å². The number of carbonyl (C=O) groups is 1. The van der Waals surface area contributed by atoms with E-state index in [-0.39, 0.29) is 5.91 Å². The lowest BCUT2D eigenvalue weighted by molar-refractivity contribution is -0.123. The molecule has 0 bridgehead atoms. The van der Waals surface area contributed by atoms with Crippen LogP contribution >= 0.6 is 0 Å². The van der Waals surface area contributed by atoms with E-state index in [1.54, 1.807) is 12.3 Å². The molecule has 1 aromatic carbocycles. The van der Waals surface area contributed by atoms with Gasteiger partial charge in [-0.05, 0) is 73.4 Å². The van der Waals surface area contributed by atoms with Crippen molar-refractivity contribution in [3.8, 4) is 0 Å². The molecule has 0 saturated heterocycles. The summed E-state index contributed by atoms with van der Waals surface area (Å²) in [5.74, 6) is 1.28. The highest BCUT2D eigenvalue weighted by molar-refractivity contribution is 5.87. The van der Waals surface area contributed by atoms with Crippen molar-refractivity contribution >= 4 is 23.0 Å². The number of aromatic nitrogens is 1. The molecule has 0 spiro atoms. The molecule has 0 unspecified atom stereocenters. The molecule has 2 aromatic heterocycles. The normalized spacial score (nSPS) is 21.5. The van der Waals surface area contributed by atoms with Crippen LogP contribution in [-0.4, -0.2) is 34.7 Å². The molecule has 1 saturated carbocycles. The van der Waals surface area contributed by atoms with Crippen LogP contribution in [0.5, 0.6) is 0 Å². The second kappa shape index (κ2) is 8.82.